The summed E-state index contributed by atoms with van der Waals surface area (Å²) in [6, 6.07) is 7.23. The van der Waals surface area contributed by atoms with Crippen LogP contribution in [-0.4, -0.2) is 29.6 Å². The van der Waals surface area contributed by atoms with Crippen LogP contribution in [0, 0.1) is 0 Å². The Kier molecular flexibility index (Phi) is 4.52. The second-order valence-corrected chi connectivity index (χ2v) is 4.73. The maximum atomic E-state index is 11.9. The van der Waals surface area contributed by atoms with Crippen molar-refractivity contribution in [1.29, 1.82) is 0 Å². The average molecular weight is 262 g/mol. The molecule has 19 heavy (non-hydrogen) atoms. The molecular weight excluding hydrogens is 244 g/mol. The Morgan fingerprint density at radius 1 is 1.42 bits per heavy atom. The maximum absolute atomic E-state index is 11.9. The number of aryl methyl sites for hydroxylation is 1. The predicted molar refractivity (Wildman–Crippen MR) is 72.1 cm³/mol. The van der Waals surface area contributed by atoms with E-state index in [1.54, 1.807) is 0 Å². The van der Waals surface area contributed by atoms with Crippen molar-refractivity contribution < 1.29 is 14.7 Å². The number of aliphatic carboxylic acids is 1. The minimum absolute atomic E-state index is 0.0205. The number of benzene rings is 1. The van der Waals surface area contributed by atoms with Gasteiger partial charge in [0.05, 0.1) is 6.04 Å². The summed E-state index contributed by atoms with van der Waals surface area (Å²) in [6.45, 7) is 0.886. The van der Waals surface area contributed by atoms with Gasteiger partial charge in [-0.2, -0.15) is 0 Å². The highest BCUT2D eigenvalue weighted by molar-refractivity contribution is 5.95. The molecule has 1 aromatic carbocycles. The third-order valence-electron chi connectivity index (χ3n) is 3.20. The maximum Gasteiger partial charge on any atom is 0.303 e. The van der Waals surface area contributed by atoms with Crippen LogP contribution in [0.2, 0.25) is 0 Å². The molecule has 1 amide bonds. The lowest BCUT2D eigenvalue weighted by Crippen LogP contribution is -2.35. The van der Waals surface area contributed by atoms with Crippen molar-refractivity contribution >= 4 is 17.6 Å². The topological polar surface area (TPSA) is 78.4 Å². The minimum atomic E-state index is -0.815. The van der Waals surface area contributed by atoms with Gasteiger partial charge in [-0.15, -0.1) is 0 Å². The standard InChI is InChI=1S/C14H18N2O3/c17-13(18)7-6-10-3-1-4-11(9-10)16-14(19)12-5-2-8-15-12/h1,3-4,9,12,15H,2,5-8H2,(H,16,19)(H,17,18)/t12-/m0/s1. The second kappa shape index (κ2) is 6.33. The first-order chi connectivity index (χ1) is 9.15. The van der Waals surface area contributed by atoms with Crippen LogP contribution >= 0.6 is 0 Å². The van der Waals surface area contributed by atoms with E-state index in [4.69, 9.17) is 5.11 Å². The van der Waals surface area contributed by atoms with Crippen molar-refractivity contribution in [1.82, 2.24) is 5.32 Å². The van der Waals surface area contributed by atoms with Crippen molar-refractivity contribution in [3.8, 4) is 0 Å². The first-order valence-corrected chi connectivity index (χ1v) is 6.50. The summed E-state index contributed by atoms with van der Waals surface area (Å²) in [5, 5.41) is 14.7. The van der Waals surface area contributed by atoms with Crippen LogP contribution in [0.5, 0.6) is 0 Å². The predicted octanol–water partition coefficient (Wildman–Crippen LogP) is 1.39. The van der Waals surface area contributed by atoms with Crippen LogP contribution in [-0.2, 0) is 16.0 Å². The molecule has 102 valence electrons. The molecule has 0 radical (unpaired) electrons. The Morgan fingerprint density at radius 2 is 2.26 bits per heavy atom. The molecule has 1 atom stereocenters. The van der Waals surface area contributed by atoms with E-state index in [0.29, 0.717) is 6.42 Å². The van der Waals surface area contributed by atoms with Gasteiger partial charge in [-0.05, 0) is 43.5 Å². The highest BCUT2D eigenvalue weighted by Crippen LogP contribution is 2.14. The SMILES string of the molecule is O=C(O)CCc1cccc(NC(=O)[C@@H]2CCCN2)c1. The molecule has 1 aliphatic rings. The van der Waals surface area contributed by atoms with Crippen LogP contribution in [0.1, 0.15) is 24.8 Å². The number of hydrogen-bond donors (Lipinski definition) is 3. The number of carboxylic acids is 1. The zero-order valence-electron chi connectivity index (χ0n) is 10.7. The van der Waals surface area contributed by atoms with Gasteiger partial charge in [0.25, 0.3) is 0 Å². The number of carbonyl (C=O) groups excluding carboxylic acids is 1. The van der Waals surface area contributed by atoms with Crippen molar-refractivity contribution in [2.24, 2.45) is 0 Å². The smallest absolute Gasteiger partial charge is 0.303 e. The zero-order valence-corrected chi connectivity index (χ0v) is 10.7. The summed E-state index contributed by atoms with van der Waals surface area (Å²) < 4.78 is 0. The molecule has 5 nitrogen and oxygen atoms in total. The van der Waals surface area contributed by atoms with E-state index in [2.05, 4.69) is 10.6 Å². The number of anilines is 1. The molecular formula is C14H18N2O3. The van der Waals surface area contributed by atoms with Crippen LogP contribution < -0.4 is 10.6 Å². The third-order valence-corrected chi connectivity index (χ3v) is 3.20. The molecule has 3 N–H and O–H groups in total. The molecule has 1 heterocycles. The summed E-state index contributed by atoms with van der Waals surface area (Å²) in [5.41, 5.74) is 1.64. The third kappa shape index (κ3) is 4.06. The van der Waals surface area contributed by atoms with E-state index >= 15 is 0 Å². The largest absolute Gasteiger partial charge is 0.481 e. The minimum Gasteiger partial charge on any atom is -0.481 e. The Labute approximate surface area is 112 Å². The van der Waals surface area contributed by atoms with Gasteiger partial charge < -0.3 is 15.7 Å². The van der Waals surface area contributed by atoms with Crippen LogP contribution in [0.25, 0.3) is 0 Å². The number of amides is 1. The lowest BCUT2D eigenvalue weighted by Gasteiger charge is -2.11. The van der Waals surface area contributed by atoms with Gasteiger partial charge in [-0.1, -0.05) is 12.1 Å². The van der Waals surface area contributed by atoms with Crippen LogP contribution in [0.15, 0.2) is 24.3 Å². The van der Waals surface area contributed by atoms with Crippen LogP contribution in [0.3, 0.4) is 0 Å². The van der Waals surface area contributed by atoms with E-state index in [0.717, 1.165) is 30.6 Å². The van der Waals surface area contributed by atoms with Gasteiger partial charge in [0.2, 0.25) is 5.91 Å². The second-order valence-electron chi connectivity index (χ2n) is 4.73. The van der Waals surface area contributed by atoms with Gasteiger partial charge >= 0.3 is 5.97 Å². The summed E-state index contributed by atoms with van der Waals surface area (Å²) in [5.74, 6) is -0.836. The van der Waals surface area contributed by atoms with E-state index in [9.17, 15) is 9.59 Å². The lowest BCUT2D eigenvalue weighted by molar-refractivity contribution is -0.137. The summed E-state index contributed by atoms with van der Waals surface area (Å²) in [7, 11) is 0. The first kappa shape index (κ1) is 13.5. The summed E-state index contributed by atoms with van der Waals surface area (Å²) >= 11 is 0. The lowest BCUT2D eigenvalue weighted by atomic mass is 10.1. The monoisotopic (exact) mass is 262 g/mol. The van der Waals surface area contributed by atoms with Crippen molar-refractivity contribution in [2.45, 2.75) is 31.7 Å². The number of carboxylic acid groups (broad SMARTS) is 1. The van der Waals surface area contributed by atoms with E-state index in [-0.39, 0.29) is 18.4 Å². The summed E-state index contributed by atoms with van der Waals surface area (Å²) in [6.07, 6.45) is 2.46. The number of hydrogen-bond acceptors (Lipinski definition) is 3. The highest BCUT2D eigenvalue weighted by Gasteiger charge is 2.21. The van der Waals surface area contributed by atoms with Gasteiger partial charge in [-0.3, -0.25) is 9.59 Å². The van der Waals surface area contributed by atoms with E-state index < -0.39 is 5.97 Å². The molecule has 0 bridgehead atoms. The number of carbonyl (C=O) groups is 2. The zero-order chi connectivity index (χ0) is 13.7. The first-order valence-electron chi connectivity index (χ1n) is 6.50. The molecule has 0 aliphatic carbocycles. The van der Waals surface area contributed by atoms with Crippen LogP contribution in [0.4, 0.5) is 5.69 Å². The van der Waals surface area contributed by atoms with Gasteiger partial charge in [0, 0.05) is 12.1 Å². The normalized spacial score (nSPS) is 18.2. The molecule has 0 spiro atoms. The Bertz CT molecular complexity index is 468. The van der Waals surface area contributed by atoms with Crippen molar-refractivity contribution in [3.63, 3.8) is 0 Å². The van der Waals surface area contributed by atoms with E-state index in [1.165, 1.54) is 0 Å². The molecule has 1 saturated heterocycles. The molecule has 1 aromatic rings. The van der Waals surface area contributed by atoms with E-state index in [1.807, 2.05) is 24.3 Å². The Balaban J connectivity index is 1.94. The van der Waals surface area contributed by atoms with Crippen molar-refractivity contribution in [3.05, 3.63) is 29.8 Å². The molecule has 0 aromatic heterocycles. The molecule has 1 aliphatic heterocycles. The number of nitrogens with one attached hydrogen (secondary N) is 2. The fourth-order valence-corrected chi connectivity index (χ4v) is 2.19. The average Bonchev–Trinajstić information content (AvgIpc) is 2.91. The van der Waals surface area contributed by atoms with Gasteiger partial charge in [-0.25, -0.2) is 0 Å². The fraction of sp³-hybridized carbons (Fsp3) is 0.429. The molecule has 0 unspecified atom stereocenters. The van der Waals surface area contributed by atoms with Crippen molar-refractivity contribution in [2.75, 3.05) is 11.9 Å². The molecule has 2 rings (SSSR count). The molecule has 1 fully saturated rings. The Morgan fingerprint density at radius 3 is 2.95 bits per heavy atom. The highest BCUT2D eigenvalue weighted by atomic mass is 16.4. The summed E-state index contributed by atoms with van der Waals surface area (Å²) in [4.78, 5) is 22.5. The fourth-order valence-electron chi connectivity index (χ4n) is 2.19. The number of rotatable bonds is 5. The Hall–Kier alpha value is -1.88. The van der Waals surface area contributed by atoms with Gasteiger partial charge in [0.1, 0.15) is 0 Å². The quantitative estimate of drug-likeness (QED) is 0.749. The molecule has 0 saturated carbocycles. The molecule has 5 heteroatoms. The van der Waals surface area contributed by atoms with Gasteiger partial charge in [0.15, 0.2) is 0 Å².